The average molecular weight is 458 g/mol. The Hall–Kier alpha value is -1.77. The van der Waals surface area contributed by atoms with Gasteiger partial charge in [0.1, 0.15) is 0 Å². The van der Waals surface area contributed by atoms with Gasteiger partial charge in [-0.2, -0.15) is 11.2 Å². The van der Waals surface area contributed by atoms with Gasteiger partial charge < -0.3 is 0 Å². The van der Waals surface area contributed by atoms with Crippen LogP contribution in [0, 0.1) is 25.7 Å². The Balaban J connectivity index is 0.00000161. The molecule has 0 atom stereocenters. The molecule has 0 aliphatic heterocycles. The molecule has 1 heterocycles. The Morgan fingerprint density at radius 1 is 1.14 bits per heavy atom. The molecule has 4 heteroatoms. The van der Waals surface area contributed by atoms with E-state index in [1.807, 2.05) is 44.3 Å². The smallest absolute Gasteiger partial charge is 0.0493 e. The topological polar surface area (TPSA) is 17.8 Å². The van der Waals surface area contributed by atoms with E-state index in [0.717, 1.165) is 27.9 Å². The standard InChI is InChI=1S/C17H14FN2.Ir/c1-12-5-3-6-13(2)17(12)15-11-14(18)7-8-16(15)20-10-4-9-19-20;/h3-7,9-11H,1-2H3;/q-1;. The summed E-state index contributed by atoms with van der Waals surface area (Å²) >= 11 is 0. The number of benzene rings is 2. The van der Waals surface area contributed by atoms with Crippen molar-refractivity contribution in [3.63, 3.8) is 0 Å². The van der Waals surface area contributed by atoms with Crippen molar-refractivity contribution in [2.75, 3.05) is 0 Å². The van der Waals surface area contributed by atoms with Gasteiger partial charge in [-0.1, -0.05) is 40.5 Å². The molecule has 1 radical (unpaired) electrons. The zero-order valence-electron chi connectivity index (χ0n) is 11.7. The molecule has 0 spiro atoms. The fourth-order valence-corrected chi connectivity index (χ4v) is 2.48. The number of nitrogens with zero attached hydrogens (tertiary/aromatic N) is 2. The molecule has 0 amide bonds. The zero-order chi connectivity index (χ0) is 14.1. The fraction of sp³-hybridized carbons (Fsp3) is 0.118. The predicted octanol–water partition coefficient (Wildman–Crippen LogP) is 4.09. The van der Waals surface area contributed by atoms with Gasteiger partial charge >= 0.3 is 0 Å². The molecule has 0 N–H and O–H groups in total. The first kappa shape index (κ1) is 15.6. The van der Waals surface area contributed by atoms with Crippen LogP contribution in [-0.2, 0) is 20.1 Å². The van der Waals surface area contributed by atoms with Gasteiger partial charge in [-0.3, -0.25) is 9.07 Å². The largest absolute Gasteiger partial charge is 0.284 e. The summed E-state index contributed by atoms with van der Waals surface area (Å²) < 4.78 is 15.4. The Kier molecular flexibility index (Phi) is 4.71. The second kappa shape index (κ2) is 6.33. The maximum atomic E-state index is 13.7. The monoisotopic (exact) mass is 458 g/mol. The van der Waals surface area contributed by atoms with Crippen molar-refractivity contribution in [2.24, 2.45) is 0 Å². The Bertz CT molecular complexity index is 731. The third kappa shape index (κ3) is 2.97. The Morgan fingerprint density at radius 3 is 2.48 bits per heavy atom. The van der Waals surface area contributed by atoms with Gasteiger partial charge in [-0.05, 0) is 25.6 Å². The van der Waals surface area contributed by atoms with Crippen LogP contribution >= 0.6 is 0 Å². The molecular weight excluding hydrogens is 443 g/mol. The summed E-state index contributed by atoms with van der Waals surface area (Å²) in [6.07, 6.45) is 3.53. The van der Waals surface area contributed by atoms with Crippen LogP contribution in [0.2, 0.25) is 0 Å². The van der Waals surface area contributed by atoms with Gasteiger partial charge in [0.15, 0.2) is 0 Å². The van der Waals surface area contributed by atoms with Crippen molar-refractivity contribution in [3.8, 4) is 16.8 Å². The van der Waals surface area contributed by atoms with Gasteiger partial charge in [0.2, 0.25) is 0 Å². The predicted molar refractivity (Wildman–Crippen MR) is 77.3 cm³/mol. The number of halogens is 1. The number of hydrogen-bond donors (Lipinski definition) is 0. The van der Waals surface area contributed by atoms with Crippen LogP contribution in [0.4, 0.5) is 4.39 Å². The van der Waals surface area contributed by atoms with Crippen LogP contribution in [-0.4, -0.2) is 9.78 Å². The molecule has 0 aliphatic rings. The third-order valence-corrected chi connectivity index (χ3v) is 3.37. The molecule has 21 heavy (non-hydrogen) atoms. The van der Waals surface area contributed by atoms with Crippen molar-refractivity contribution < 1.29 is 24.5 Å². The molecule has 2 nitrogen and oxygen atoms in total. The molecule has 0 bridgehead atoms. The minimum absolute atomic E-state index is 0. The van der Waals surface area contributed by atoms with Gasteiger partial charge in [0, 0.05) is 38.3 Å². The van der Waals surface area contributed by atoms with Crippen LogP contribution in [0.25, 0.3) is 16.8 Å². The molecule has 0 fully saturated rings. The van der Waals surface area contributed by atoms with Crippen LogP contribution in [0.1, 0.15) is 11.1 Å². The van der Waals surface area contributed by atoms with E-state index in [2.05, 4.69) is 11.2 Å². The number of hydrogen-bond acceptors (Lipinski definition) is 1. The van der Waals surface area contributed by atoms with E-state index >= 15 is 0 Å². The summed E-state index contributed by atoms with van der Waals surface area (Å²) in [6, 6.07) is 13.8. The van der Waals surface area contributed by atoms with Crippen LogP contribution in [0.15, 0.2) is 48.8 Å². The number of aryl methyl sites for hydroxylation is 2. The molecule has 0 saturated carbocycles. The Morgan fingerprint density at radius 2 is 1.86 bits per heavy atom. The number of aromatic nitrogens is 2. The van der Waals surface area contributed by atoms with Crippen molar-refractivity contribution in [1.29, 1.82) is 0 Å². The molecule has 0 saturated heterocycles. The SMILES string of the molecule is Cc1cccc(C)c1-c1cc(F)c[c-]c1-n1cccn1.[Ir]. The minimum atomic E-state index is -0.293. The van der Waals surface area contributed by atoms with E-state index in [-0.39, 0.29) is 25.9 Å². The van der Waals surface area contributed by atoms with E-state index in [1.165, 1.54) is 6.07 Å². The average Bonchev–Trinajstić information content (AvgIpc) is 2.92. The van der Waals surface area contributed by atoms with Gasteiger partial charge in [-0.25, -0.2) is 0 Å². The molecule has 3 rings (SSSR count). The first-order valence-electron chi connectivity index (χ1n) is 6.44. The van der Waals surface area contributed by atoms with Crippen LogP contribution in [0.5, 0.6) is 0 Å². The van der Waals surface area contributed by atoms with E-state index < -0.39 is 0 Å². The molecular formula is C17H14FIrN2-. The maximum absolute atomic E-state index is 13.7. The second-order valence-electron chi connectivity index (χ2n) is 4.80. The summed E-state index contributed by atoms with van der Waals surface area (Å²) in [4.78, 5) is 0. The number of rotatable bonds is 2. The molecule has 0 aliphatic carbocycles. The van der Waals surface area contributed by atoms with Crippen molar-refractivity contribution >= 4 is 0 Å². The normalized spacial score (nSPS) is 10.2. The second-order valence-corrected chi connectivity index (χ2v) is 4.80. The van der Waals surface area contributed by atoms with Gasteiger partial charge in [0.05, 0.1) is 0 Å². The molecule has 0 unspecified atom stereocenters. The summed E-state index contributed by atoms with van der Waals surface area (Å²) in [5.74, 6) is -0.293. The summed E-state index contributed by atoms with van der Waals surface area (Å²) in [5.41, 5.74) is 4.82. The minimum Gasteiger partial charge on any atom is -0.284 e. The van der Waals surface area contributed by atoms with Crippen LogP contribution < -0.4 is 0 Å². The molecule has 109 valence electrons. The molecule has 2 aromatic carbocycles. The summed E-state index contributed by atoms with van der Waals surface area (Å²) in [6.45, 7) is 4.06. The Labute approximate surface area is 137 Å². The van der Waals surface area contributed by atoms with Crippen LogP contribution in [0.3, 0.4) is 0 Å². The van der Waals surface area contributed by atoms with E-state index in [1.54, 1.807) is 16.9 Å². The quantitative estimate of drug-likeness (QED) is 0.530. The van der Waals surface area contributed by atoms with Crippen molar-refractivity contribution in [2.45, 2.75) is 13.8 Å². The summed E-state index contributed by atoms with van der Waals surface area (Å²) in [5, 5.41) is 4.22. The van der Waals surface area contributed by atoms with Crippen molar-refractivity contribution in [3.05, 3.63) is 71.8 Å². The third-order valence-electron chi connectivity index (χ3n) is 3.37. The van der Waals surface area contributed by atoms with E-state index in [9.17, 15) is 4.39 Å². The van der Waals surface area contributed by atoms with E-state index in [4.69, 9.17) is 0 Å². The molecule has 1 aromatic heterocycles. The summed E-state index contributed by atoms with van der Waals surface area (Å²) in [7, 11) is 0. The fourth-order valence-electron chi connectivity index (χ4n) is 2.48. The first-order chi connectivity index (χ1) is 9.66. The van der Waals surface area contributed by atoms with Gasteiger partial charge in [0.25, 0.3) is 0 Å². The van der Waals surface area contributed by atoms with E-state index in [0.29, 0.717) is 0 Å². The zero-order valence-corrected chi connectivity index (χ0v) is 14.1. The molecule has 3 aromatic rings. The van der Waals surface area contributed by atoms with Gasteiger partial charge in [-0.15, -0.1) is 12.1 Å². The first-order valence-corrected chi connectivity index (χ1v) is 6.44. The maximum Gasteiger partial charge on any atom is 0.0493 e. The van der Waals surface area contributed by atoms with Crippen molar-refractivity contribution in [1.82, 2.24) is 9.78 Å².